The van der Waals surface area contributed by atoms with E-state index >= 15 is 0 Å². The van der Waals surface area contributed by atoms with Crippen LogP contribution in [0.25, 0.3) is 0 Å². The van der Waals surface area contributed by atoms with E-state index in [1.54, 1.807) is 0 Å². The van der Waals surface area contributed by atoms with Crippen molar-refractivity contribution in [3.8, 4) is 11.5 Å². The first-order valence-corrected chi connectivity index (χ1v) is 7.41. The van der Waals surface area contributed by atoms with Crippen LogP contribution < -0.4 is 14.8 Å². The van der Waals surface area contributed by atoms with Crippen LogP contribution in [0.15, 0.2) is 42.5 Å². The lowest BCUT2D eigenvalue weighted by molar-refractivity contribution is 0.0939. The fraction of sp³-hybridized carbons (Fsp3) is 0.278. The first kappa shape index (κ1) is 14.4. The third-order valence-corrected chi connectivity index (χ3v) is 3.80. The van der Waals surface area contributed by atoms with Gasteiger partial charge in [0.1, 0.15) is 13.2 Å². The van der Waals surface area contributed by atoms with Crippen molar-refractivity contribution in [2.24, 2.45) is 0 Å². The zero-order valence-electron chi connectivity index (χ0n) is 12.8. The third kappa shape index (κ3) is 2.91. The molecule has 114 valence electrons. The smallest absolute Gasteiger partial charge is 0.252 e. The van der Waals surface area contributed by atoms with E-state index in [9.17, 15) is 4.79 Å². The Kier molecular flexibility index (Phi) is 4.00. The van der Waals surface area contributed by atoms with Gasteiger partial charge in [-0.1, -0.05) is 24.3 Å². The second kappa shape index (κ2) is 6.10. The Morgan fingerprint density at radius 2 is 1.82 bits per heavy atom. The molecule has 0 bridgehead atoms. The lowest BCUT2D eigenvalue weighted by Gasteiger charge is -2.21. The van der Waals surface area contributed by atoms with Crippen LogP contribution in [-0.4, -0.2) is 19.1 Å². The van der Waals surface area contributed by atoms with E-state index in [1.165, 1.54) is 0 Å². The van der Waals surface area contributed by atoms with Crippen LogP contribution in [0.1, 0.15) is 34.5 Å². The number of carbonyl (C=O) groups is 1. The minimum absolute atomic E-state index is 0.0690. The maximum absolute atomic E-state index is 12.4. The Labute approximate surface area is 130 Å². The fourth-order valence-corrected chi connectivity index (χ4v) is 2.51. The molecular formula is C18H19NO3. The molecule has 2 aromatic carbocycles. The Balaban J connectivity index is 1.76. The Bertz CT molecular complexity index is 696. The van der Waals surface area contributed by atoms with Crippen molar-refractivity contribution in [2.45, 2.75) is 19.9 Å². The second-order valence-corrected chi connectivity index (χ2v) is 5.41. The topological polar surface area (TPSA) is 47.6 Å². The quantitative estimate of drug-likeness (QED) is 0.946. The fourth-order valence-electron chi connectivity index (χ4n) is 2.51. The van der Waals surface area contributed by atoms with Crippen molar-refractivity contribution in [3.05, 3.63) is 59.2 Å². The SMILES string of the molecule is Cc1ccccc1C(=O)N[C@@H](C)c1ccc2c(c1)OCCO2. The third-order valence-electron chi connectivity index (χ3n) is 3.80. The minimum Gasteiger partial charge on any atom is -0.486 e. The average Bonchev–Trinajstić information content (AvgIpc) is 2.54. The summed E-state index contributed by atoms with van der Waals surface area (Å²) in [6, 6.07) is 13.2. The number of hydrogen-bond donors (Lipinski definition) is 1. The summed E-state index contributed by atoms with van der Waals surface area (Å²) < 4.78 is 11.1. The highest BCUT2D eigenvalue weighted by Crippen LogP contribution is 2.32. The van der Waals surface area contributed by atoms with Gasteiger partial charge in [-0.3, -0.25) is 4.79 Å². The number of benzene rings is 2. The summed E-state index contributed by atoms with van der Waals surface area (Å²) in [5.41, 5.74) is 2.66. The molecule has 1 heterocycles. The molecule has 0 spiro atoms. The van der Waals surface area contributed by atoms with E-state index in [4.69, 9.17) is 9.47 Å². The number of hydrogen-bond acceptors (Lipinski definition) is 3. The van der Waals surface area contributed by atoms with Gasteiger partial charge in [0.25, 0.3) is 5.91 Å². The first-order valence-electron chi connectivity index (χ1n) is 7.41. The van der Waals surface area contributed by atoms with Crippen LogP contribution in [0.2, 0.25) is 0 Å². The molecule has 2 aromatic rings. The number of carbonyl (C=O) groups excluding carboxylic acids is 1. The summed E-state index contributed by atoms with van der Waals surface area (Å²) in [5, 5.41) is 3.02. The van der Waals surface area contributed by atoms with Crippen molar-refractivity contribution in [1.29, 1.82) is 0 Å². The van der Waals surface area contributed by atoms with Crippen LogP contribution in [0, 0.1) is 6.92 Å². The molecule has 0 saturated carbocycles. The van der Waals surface area contributed by atoms with E-state index < -0.39 is 0 Å². The average molecular weight is 297 g/mol. The van der Waals surface area contributed by atoms with Crippen LogP contribution in [0.3, 0.4) is 0 Å². The van der Waals surface area contributed by atoms with E-state index in [1.807, 2.05) is 56.3 Å². The number of amides is 1. The predicted octanol–water partition coefficient (Wildman–Crippen LogP) is 3.26. The van der Waals surface area contributed by atoms with Gasteiger partial charge in [0.05, 0.1) is 6.04 Å². The van der Waals surface area contributed by atoms with Crippen LogP contribution >= 0.6 is 0 Å². The highest BCUT2D eigenvalue weighted by atomic mass is 16.6. The molecule has 0 aliphatic carbocycles. The predicted molar refractivity (Wildman–Crippen MR) is 84.5 cm³/mol. The van der Waals surface area contributed by atoms with Crippen molar-refractivity contribution in [2.75, 3.05) is 13.2 Å². The zero-order valence-corrected chi connectivity index (χ0v) is 12.8. The second-order valence-electron chi connectivity index (χ2n) is 5.41. The molecule has 4 nitrogen and oxygen atoms in total. The molecule has 22 heavy (non-hydrogen) atoms. The summed E-state index contributed by atoms with van der Waals surface area (Å²) in [4.78, 5) is 12.4. The molecule has 0 fully saturated rings. The van der Waals surface area contributed by atoms with Gasteiger partial charge < -0.3 is 14.8 Å². The molecule has 1 aliphatic heterocycles. The van der Waals surface area contributed by atoms with E-state index in [0.29, 0.717) is 18.8 Å². The monoisotopic (exact) mass is 297 g/mol. The van der Waals surface area contributed by atoms with Gasteiger partial charge in [0, 0.05) is 5.56 Å². The molecule has 3 rings (SSSR count). The summed E-state index contributed by atoms with van der Waals surface area (Å²) >= 11 is 0. The lowest BCUT2D eigenvalue weighted by Crippen LogP contribution is -2.27. The van der Waals surface area contributed by atoms with Crippen molar-refractivity contribution in [3.63, 3.8) is 0 Å². The molecule has 1 amide bonds. The largest absolute Gasteiger partial charge is 0.486 e. The highest BCUT2D eigenvalue weighted by molar-refractivity contribution is 5.95. The van der Waals surface area contributed by atoms with Gasteiger partial charge in [-0.05, 0) is 43.2 Å². The highest BCUT2D eigenvalue weighted by Gasteiger charge is 2.17. The molecule has 4 heteroatoms. The van der Waals surface area contributed by atoms with Gasteiger partial charge in [-0.25, -0.2) is 0 Å². The number of nitrogens with one attached hydrogen (secondary N) is 1. The van der Waals surface area contributed by atoms with Gasteiger partial charge in [0.15, 0.2) is 11.5 Å². The summed E-state index contributed by atoms with van der Waals surface area (Å²) in [5.74, 6) is 1.42. The first-order chi connectivity index (χ1) is 10.6. The van der Waals surface area contributed by atoms with Gasteiger partial charge in [0.2, 0.25) is 0 Å². The molecule has 1 aliphatic rings. The normalized spacial score (nSPS) is 14.3. The maximum atomic E-state index is 12.4. The van der Waals surface area contributed by atoms with Crippen LogP contribution in [0.4, 0.5) is 0 Å². The van der Waals surface area contributed by atoms with E-state index in [0.717, 1.165) is 22.6 Å². The standard InChI is InChI=1S/C18H19NO3/c1-12-5-3-4-6-15(12)18(20)19-13(2)14-7-8-16-17(11-14)22-10-9-21-16/h3-8,11,13H,9-10H2,1-2H3,(H,19,20)/t13-/m0/s1. The molecule has 0 aromatic heterocycles. The maximum Gasteiger partial charge on any atom is 0.252 e. The summed E-state index contributed by atoms with van der Waals surface area (Å²) in [6.07, 6.45) is 0. The van der Waals surface area contributed by atoms with E-state index in [-0.39, 0.29) is 11.9 Å². The lowest BCUT2D eigenvalue weighted by atomic mass is 10.1. The Hall–Kier alpha value is -2.49. The number of ether oxygens (including phenoxy) is 2. The molecule has 0 radical (unpaired) electrons. The number of aryl methyl sites for hydroxylation is 1. The van der Waals surface area contributed by atoms with Crippen LogP contribution in [-0.2, 0) is 0 Å². The Morgan fingerprint density at radius 1 is 1.09 bits per heavy atom. The molecule has 1 atom stereocenters. The molecule has 0 unspecified atom stereocenters. The van der Waals surface area contributed by atoms with Crippen molar-refractivity contribution in [1.82, 2.24) is 5.32 Å². The number of rotatable bonds is 3. The zero-order chi connectivity index (χ0) is 15.5. The van der Waals surface area contributed by atoms with Gasteiger partial charge in [-0.15, -0.1) is 0 Å². The van der Waals surface area contributed by atoms with Gasteiger partial charge in [-0.2, -0.15) is 0 Å². The summed E-state index contributed by atoms with van der Waals surface area (Å²) in [6.45, 7) is 5.03. The van der Waals surface area contributed by atoms with Crippen molar-refractivity contribution < 1.29 is 14.3 Å². The Morgan fingerprint density at radius 3 is 2.59 bits per heavy atom. The summed E-state index contributed by atoms with van der Waals surface area (Å²) in [7, 11) is 0. The van der Waals surface area contributed by atoms with Gasteiger partial charge >= 0.3 is 0 Å². The molecule has 1 N–H and O–H groups in total. The minimum atomic E-state index is -0.108. The molecular weight excluding hydrogens is 278 g/mol. The van der Waals surface area contributed by atoms with E-state index in [2.05, 4.69) is 5.32 Å². The number of fused-ring (bicyclic) bond motifs is 1. The molecule has 0 saturated heterocycles. The van der Waals surface area contributed by atoms with Crippen LogP contribution in [0.5, 0.6) is 11.5 Å². The van der Waals surface area contributed by atoms with Crippen molar-refractivity contribution >= 4 is 5.91 Å².